The number of rotatable bonds is 3. The van der Waals surface area contributed by atoms with Gasteiger partial charge in [0.25, 0.3) is 0 Å². The van der Waals surface area contributed by atoms with Crippen LogP contribution in [0.25, 0.3) is 5.57 Å². The largest absolute Gasteiger partial charge is 0.423 e. The van der Waals surface area contributed by atoms with Crippen molar-refractivity contribution in [1.82, 2.24) is 0 Å². The molecule has 0 radical (unpaired) electrons. The predicted octanol–water partition coefficient (Wildman–Crippen LogP) is 3.71. The number of esters is 2. The number of hydrogen-bond donors (Lipinski definition) is 0. The number of hydrogen-bond acceptors (Lipinski definition) is 7. The first kappa shape index (κ1) is 17.8. The molecule has 0 saturated heterocycles. The van der Waals surface area contributed by atoms with Gasteiger partial charge in [0.2, 0.25) is 0 Å². The molecule has 7 heteroatoms. The fourth-order valence-corrected chi connectivity index (χ4v) is 3.11. The van der Waals surface area contributed by atoms with Gasteiger partial charge in [-0.05, 0) is 43.7 Å². The van der Waals surface area contributed by atoms with Gasteiger partial charge in [-0.1, -0.05) is 13.2 Å². The van der Waals surface area contributed by atoms with Crippen LogP contribution in [0.2, 0.25) is 0 Å². The fraction of sp³-hybridized carbons (Fsp3) is 0.105. The van der Waals surface area contributed by atoms with Crippen molar-refractivity contribution in [2.45, 2.75) is 18.7 Å². The lowest BCUT2D eigenvalue weighted by atomic mass is 10.1. The van der Waals surface area contributed by atoms with Crippen molar-refractivity contribution in [2.24, 2.45) is 0 Å². The molecule has 0 saturated carbocycles. The third-order valence-corrected chi connectivity index (χ3v) is 4.29. The van der Waals surface area contributed by atoms with Crippen molar-refractivity contribution < 1.29 is 28.0 Å². The van der Waals surface area contributed by atoms with Crippen molar-refractivity contribution in [2.75, 3.05) is 0 Å². The van der Waals surface area contributed by atoms with Crippen LogP contribution >= 0.6 is 12.0 Å². The van der Waals surface area contributed by atoms with Crippen LogP contribution in [0, 0.1) is 6.92 Å². The van der Waals surface area contributed by atoms with Crippen LogP contribution in [-0.2, 0) is 13.8 Å². The van der Waals surface area contributed by atoms with Gasteiger partial charge in [0.1, 0.15) is 11.5 Å². The maximum Gasteiger partial charge on any atom is 0.345 e. The van der Waals surface area contributed by atoms with E-state index in [0.717, 1.165) is 0 Å². The highest BCUT2D eigenvalue weighted by atomic mass is 32.2. The molecular formula is C19H14O6S. The average molecular weight is 370 g/mol. The first-order valence-corrected chi connectivity index (χ1v) is 8.26. The molecule has 0 aromatic heterocycles. The Balaban J connectivity index is 2.24. The SMILES string of the molecule is C=C(C)C(=O)OSc1cc2cc(cc(C)cc3c1C(=C)C(=O)O3)OC2=O. The summed E-state index contributed by atoms with van der Waals surface area (Å²) in [7, 11) is 0. The van der Waals surface area contributed by atoms with Crippen LogP contribution in [0.5, 0.6) is 11.5 Å². The van der Waals surface area contributed by atoms with Crippen molar-refractivity contribution in [3.8, 4) is 11.5 Å². The minimum atomic E-state index is -0.624. The van der Waals surface area contributed by atoms with E-state index in [9.17, 15) is 14.4 Å². The molecule has 2 aliphatic rings. The van der Waals surface area contributed by atoms with E-state index in [-0.39, 0.29) is 22.5 Å². The maximum absolute atomic E-state index is 12.1. The third-order valence-electron chi connectivity index (χ3n) is 3.56. The minimum Gasteiger partial charge on any atom is -0.423 e. The molecule has 26 heavy (non-hydrogen) atoms. The number of carbonyl (C=O) groups is 3. The van der Waals surface area contributed by atoms with E-state index in [1.54, 1.807) is 25.1 Å². The van der Waals surface area contributed by atoms with Crippen LogP contribution in [0.4, 0.5) is 0 Å². The van der Waals surface area contributed by atoms with Gasteiger partial charge in [-0.25, -0.2) is 14.4 Å². The van der Waals surface area contributed by atoms with Gasteiger partial charge < -0.3 is 13.7 Å². The Morgan fingerprint density at radius 2 is 1.85 bits per heavy atom. The summed E-state index contributed by atoms with van der Waals surface area (Å²) >= 11 is 0.698. The molecule has 0 atom stereocenters. The minimum absolute atomic E-state index is 0.103. The number of aryl methyl sites for hydroxylation is 1. The summed E-state index contributed by atoms with van der Waals surface area (Å²) in [5.74, 6) is -1.15. The predicted molar refractivity (Wildman–Crippen MR) is 95.2 cm³/mol. The summed E-state index contributed by atoms with van der Waals surface area (Å²) in [4.78, 5) is 36.1. The summed E-state index contributed by atoms with van der Waals surface area (Å²) in [5, 5.41) is 0. The molecule has 0 fully saturated rings. The first-order chi connectivity index (χ1) is 12.3. The standard InChI is InChI=1S/C19H14O6S/c1-9(2)17(20)25-26-15-8-12-7-13(23-19(12)22)5-10(3)6-14-16(15)11(4)18(21)24-14/h5-8H,1,4H2,2-3H3. The molecule has 0 amide bonds. The van der Waals surface area contributed by atoms with Gasteiger partial charge in [-0.2, -0.15) is 0 Å². The second-order valence-corrected chi connectivity index (χ2v) is 6.55. The Bertz CT molecular complexity index is 959. The highest BCUT2D eigenvalue weighted by molar-refractivity contribution is 7.95. The third kappa shape index (κ3) is 3.34. The fourth-order valence-electron chi connectivity index (χ4n) is 2.32. The number of carbonyl (C=O) groups excluding carboxylic acids is 3. The van der Waals surface area contributed by atoms with Crippen molar-refractivity contribution in [3.05, 3.63) is 59.7 Å². The van der Waals surface area contributed by atoms with E-state index in [1.807, 2.05) is 0 Å². The van der Waals surface area contributed by atoms with E-state index in [1.165, 1.54) is 13.0 Å². The Morgan fingerprint density at radius 1 is 1.12 bits per heavy atom. The highest BCUT2D eigenvalue weighted by Crippen LogP contribution is 2.40. The molecule has 0 spiro atoms. The molecule has 0 unspecified atom stereocenters. The van der Waals surface area contributed by atoms with Gasteiger partial charge in [0, 0.05) is 11.1 Å². The topological polar surface area (TPSA) is 78.9 Å². The quantitative estimate of drug-likeness (QED) is 0.456. The number of ether oxygens (including phenoxy) is 2. The molecule has 0 N–H and O–H groups in total. The van der Waals surface area contributed by atoms with E-state index >= 15 is 0 Å². The zero-order chi connectivity index (χ0) is 19.0. The van der Waals surface area contributed by atoms with Crippen molar-refractivity contribution in [3.63, 3.8) is 0 Å². The first-order valence-electron chi connectivity index (χ1n) is 7.52. The second-order valence-electron chi connectivity index (χ2n) is 5.77. The molecule has 2 aliphatic heterocycles. The van der Waals surface area contributed by atoms with Crippen LogP contribution in [0.15, 0.2) is 47.9 Å². The molecule has 2 bridgehead atoms. The molecule has 1 aromatic carbocycles. The number of fused-ring (bicyclic) bond motifs is 3. The summed E-state index contributed by atoms with van der Waals surface area (Å²) in [6, 6.07) is 6.30. The van der Waals surface area contributed by atoms with Crippen LogP contribution in [0.1, 0.15) is 28.4 Å². The zero-order valence-electron chi connectivity index (χ0n) is 14.1. The lowest BCUT2D eigenvalue weighted by Gasteiger charge is -2.05. The van der Waals surface area contributed by atoms with E-state index in [2.05, 4.69) is 13.2 Å². The Labute approximate surface area is 154 Å². The second kappa shape index (κ2) is 6.68. The van der Waals surface area contributed by atoms with Crippen LogP contribution in [-0.4, -0.2) is 17.9 Å². The molecule has 132 valence electrons. The molecule has 0 aliphatic carbocycles. The van der Waals surface area contributed by atoms with Crippen molar-refractivity contribution >= 4 is 35.5 Å². The zero-order valence-corrected chi connectivity index (χ0v) is 14.9. The van der Waals surface area contributed by atoms with E-state index < -0.39 is 17.9 Å². The monoisotopic (exact) mass is 370 g/mol. The lowest BCUT2D eigenvalue weighted by Crippen LogP contribution is -2.02. The van der Waals surface area contributed by atoms with Gasteiger partial charge >= 0.3 is 17.9 Å². The maximum atomic E-state index is 12.1. The Kier molecular flexibility index (Phi) is 4.56. The normalized spacial score (nSPS) is 13.5. The van der Waals surface area contributed by atoms with Gasteiger partial charge in [-0.3, -0.25) is 0 Å². The Hall–Kier alpha value is -3.06. The van der Waals surface area contributed by atoms with Crippen LogP contribution in [0.3, 0.4) is 0 Å². The molecule has 2 heterocycles. The summed E-state index contributed by atoms with van der Waals surface area (Å²) in [6.07, 6.45) is 0. The Morgan fingerprint density at radius 3 is 2.54 bits per heavy atom. The molecule has 6 nitrogen and oxygen atoms in total. The molecular weight excluding hydrogens is 356 g/mol. The molecule has 1 aromatic rings. The van der Waals surface area contributed by atoms with Gasteiger partial charge in [0.15, 0.2) is 0 Å². The van der Waals surface area contributed by atoms with E-state index in [4.69, 9.17) is 13.7 Å². The molecule has 3 rings (SSSR count). The summed E-state index contributed by atoms with van der Waals surface area (Å²) in [5.41, 5.74) is 1.62. The smallest absolute Gasteiger partial charge is 0.345 e. The van der Waals surface area contributed by atoms with Crippen molar-refractivity contribution in [1.29, 1.82) is 0 Å². The lowest BCUT2D eigenvalue weighted by molar-refractivity contribution is -0.129. The van der Waals surface area contributed by atoms with E-state index in [0.29, 0.717) is 33.8 Å². The average Bonchev–Trinajstić information content (AvgIpc) is 3.02. The highest BCUT2D eigenvalue weighted by Gasteiger charge is 2.29. The van der Waals surface area contributed by atoms with Gasteiger partial charge in [0.05, 0.1) is 28.1 Å². The van der Waals surface area contributed by atoms with Gasteiger partial charge in [-0.15, -0.1) is 0 Å². The van der Waals surface area contributed by atoms with Crippen LogP contribution < -0.4 is 9.47 Å². The summed E-state index contributed by atoms with van der Waals surface area (Å²) in [6.45, 7) is 10.5. The summed E-state index contributed by atoms with van der Waals surface area (Å²) < 4.78 is 15.6.